The van der Waals surface area contributed by atoms with Gasteiger partial charge >= 0.3 is 6.03 Å². The van der Waals surface area contributed by atoms with Crippen LogP contribution in [-0.2, 0) is 0 Å². The van der Waals surface area contributed by atoms with Gasteiger partial charge in [-0.05, 0) is 17.7 Å². The molecule has 0 spiro atoms. The second-order valence-corrected chi connectivity index (χ2v) is 3.79. The van der Waals surface area contributed by atoms with Crippen molar-refractivity contribution in [3.63, 3.8) is 0 Å². The molecule has 5 N–H and O–H groups in total. The Morgan fingerprint density at radius 1 is 1.50 bits per heavy atom. The molecule has 100 valence electrons. The summed E-state index contributed by atoms with van der Waals surface area (Å²) in [7, 11) is 1.58. The molecule has 2 amide bonds. The Hall–Kier alpha value is -1.79. The third kappa shape index (κ3) is 5.03. The molecule has 0 aliphatic rings. The summed E-state index contributed by atoms with van der Waals surface area (Å²) in [5.74, 6) is 0.710. The van der Waals surface area contributed by atoms with E-state index < -0.39 is 12.1 Å². The predicted molar refractivity (Wildman–Crippen MR) is 68.4 cm³/mol. The molecule has 1 unspecified atom stereocenters. The van der Waals surface area contributed by atoms with E-state index in [1.54, 1.807) is 13.2 Å². The zero-order chi connectivity index (χ0) is 13.4. The van der Waals surface area contributed by atoms with Crippen LogP contribution >= 0.6 is 0 Å². The Bertz CT molecular complexity index is 385. The summed E-state index contributed by atoms with van der Waals surface area (Å²) >= 11 is 0. The number of carbonyl (C=O) groups excluding carboxylic acids is 1. The highest BCUT2D eigenvalue weighted by atomic mass is 16.5. The number of nitrogens with two attached hydrogens (primary N) is 1. The highest BCUT2D eigenvalue weighted by Crippen LogP contribution is 2.18. The second kappa shape index (κ2) is 7.52. The first kappa shape index (κ1) is 14.3. The molecule has 1 aromatic carbocycles. The number of benzene rings is 1. The summed E-state index contributed by atoms with van der Waals surface area (Å²) in [5, 5.41) is 15.4. The minimum absolute atomic E-state index is 0.396. The van der Waals surface area contributed by atoms with Gasteiger partial charge in [0, 0.05) is 19.6 Å². The number of urea groups is 1. The smallest absolute Gasteiger partial charge is 0.312 e. The lowest BCUT2D eigenvalue weighted by molar-refractivity contribution is 0.174. The van der Waals surface area contributed by atoms with Gasteiger partial charge in [0.05, 0.1) is 13.2 Å². The largest absolute Gasteiger partial charge is 0.497 e. The van der Waals surface area contributed by atoms with Gasteiger partial charge in [-0.3, -0.25) is 0 Å². The van der Waals surface area contributed by atoms with Crippen LogP contribution in [-0.4, -0.2) is 37.9 Å². The van der Waals surface area contributed by atoms with Crippen molar-refractivity contribution < 1.29 is 14.6 Å². The summed E-state index contributed by atoms with van der Waals surface area (Å²) in [6.07, 6.45) is -0.617. The minimum atomic E-state index is -0.617. The highest BCUT2D eigenvalue weighted by Gasteiger charge is 2.07. The van der Waals surface area contributed by atoms with E-state index in [0.29, 0.717) is 25.4 Å². The first-order chi connectivity index (χ1) is 8.63. The van der Waals surface area contributed by atoms with Crippen LogP contribution in [0, 0.1) is 0 Å². The number of hydrogen-bond donors (Lipinski definition) is 4. The van der Waals surface area contributed by atoms with Crippen LogP contribution in [0.5, 0.6) is 5.75 Å². The average molecular weight is 253 g/mol. The van der Waals surface area contributed by atoms with Crippen LogP contribution in [0.4, 0.5) is 4.79 Å². The monoisotopic (exact) mass is 253 g/mol. The number of amides is 2. The van der Waals surface area contributed by atoms with E-state index in [1.165, 1.54) is 0 Å². The molecule has 0 aromatic heterocycles. The van der Waals surface area contributed by atoms with Gasteiger partial charge in [-0.1, -0.05) is 12.1 Å². The Morgan fingerprint density at radius 3 is 2.94 bits per heavy atom. The number of aliphatic hydroxyl groups is 1. The SMILES string of the molecule is COc1cccc(C(O)CNCCNC(N)=O)c1. The maximum absolute atomic E-state index is 10.4. The summed E-state index contributed by atoms with van der Waals surface area (Å²) in [4.78, 5) is 10.4. The zero-order valence-electron chi connectivity index (χ0n) is 10.3. The van der Waals surface area contributed by atoms with E-state index in [4.69, 9.17) is 10.5 Å². The van der Waals surface area contributed by atoms with Crippen molar-refractivity contribution >= 4 is 6.03 Å². The molecule has 0 aliphatic heterocycles. The summed E-state index contributed by atoms with van der Waals surface area (Å²) < 4.78 is 5.08. The van der Waals surface area contributed by atoms with Crippen LogP contribution in [0.3, 0.4) is 0 Å². The van der Waals surface area contributed by atoms with Crippen molar-refractivity contribution in [1.82, 2.24) is 10.6 Å². The van der Waals surface area contributed by atoms with Gasteiger partial charge in [0.25, 0.3) is 0 Å². The van der Waals surface area contributed by atoms with Crippen molar-refractivity contribution in [2.24, 2.45) is 5.73 Å². The lowest BCUT2D eigenvalue weighted by atomic mass is 10.1. The molecule has 0 bridgehead atoms. The number of ether oxygens (including phenoxy) is 1. The molecule has 1 rings (SSSR count). The first-order valence-corrected chi connectivity index (χ1v) is 5.69. The summed E-state index contributed by atoms with van der Waals surface area (Å²) in [6.45, 7) is 1.37. The molecule has 0 radical (unpaired) electrons. The van der Waals surface area contributed by atoms with Crippen LogP contribution in [0.15, 0.2) is 24.3 Å². The third-order valence-corrected chi connectivity index (χ3v) is 2.42. The molecular weight excluding hydrogens is 234 g/mol. The van der Waals surface area contributed by atoms with Crippen molar-refractivity contribution in [1.29, 1.82) is 0 Å². The van der Waals surface area contributed by atoms with Crippen molar-refractivity contribution in [3.8, 4) is 5.75 Å². The Kier molecular flexibility index (Phi) is 5.96. The molecule has 1 atom stereocenters. The quantitative estimate of drug-likeness (QED) is 0.514. The Labute approximate surface area is 106 Å². The molecular formula is C12H19N3O3. The first-order valence-electron chi connectivity index (χ1n) is 5.69. The molecule has 18 heavy (non-hydrogen) atoms. The number of rotatable bonds is 7. The van der Waals surface area contributed by atoms with Gasteiger partial charge in [0.1, 0.15) is 5.75 Å². The zero-order valence-corrected chi connectivity index (χ0v) is 10.3. The molecule has 1 aromatic rings. The fraction of sp³-hybridized carbons (Fsp3) is 0.417. The van der Waals surface area contributed by atoms with E-state index in [-0.39, 0.29) is 0 Å². The Morgan fingerprint density at radius 2 is 2.28 bits per heavy atom. The predicted octanol–water partition coefficient (Wildman–Crippen LogP) is -0.0135. The number of primary amides is 1. The molecule has 0 saturated heterocycles. The van der Waals surface area contributed by atoms with Crippen LogP contribution in [0.1, 0.15) is 11.7 Å². The van der Waals surface area contributed by atoms with Gasteiger partial charge in [0.2, 0.25) is 0 Å². The van der Waals surface area contributed by atoms with Crippen LogP contribution in [0.25, 0.3) is 0 Å². The van der Waals surface area contributed by atoms with Crippen LogP contribution < -0.4 is 21.1 Å². The molecule has 6 heteroatoms. The summed E-state index contributed by atoms with van der Waals surface area (Å²) in [5.41, 5.74) is 5.70. The lowest BCUT2D eigenvalue weighted by Gasteiger charge is -2.13. The summed E-state index contributed by atoms with van der Waals surface area (Å²) in [6, 6.07) is 6.71. The standard InChI is InChI=1S/C12H19N3O3/c1-18-10-4-2-3-9(7-10)11(16)8-14-5-6-15-12(13)17/h2-4,7,11,14,16H,5-6,8H2,1H3,(H3,13,15,17). The number of nitrogens with one attached hydrogen (secondary N) is 2. The van der Waals surface area contributed by atoms with Gasteiger partial charge in [-0.15, -0.1) is 0 Å². The van der Waals surface area contributed by atoms with E-state index in [9.17, 15) is 9.90 Å². The van der Waals surface area contributed by atoms with Gasteiger partial charge in [0.15, 0.2) is 0 Å². The highest BCUT2D eigenvalue weighted by molar-refractivity contribution is 5.71. The fourth-order valence-electron chi connectivity index (χ4n) is 1.48. The minimum Gasteiger partial charge on any atom is -0.497 e. The normalized spacial score (nSPS) is 11.9. The lowest BCUT2D eigenvalue weighted by Crippen LogP contribution is -2.36. The fourth-order valence-corrected chi connectivity index (χ4v) is 1.48. The third-order valence-electron chi connectivity index (χ3n) is 2.42. The number of methoxy groups -OCH3 is 1. The van der Waals surface area contributed by atoms with Crippen molar-refractivity contribution in [2.45, 2.75) is 6.10 Å². The number of carbonyl (C=O) groups is 1. The molecule has 0 fully saturated rings. The molecule has 6 nitrogen and oxygen atoms in total. The van der Waals surface area contributed by atoms with E-state index in [1.807, 2.05) is 18.2 Å². The van der Waals surface area contributed by atoms with E-state index >= 15 is 0 Å². The molecule has 0 aliphatic carbocycles. The number of aliphatic hydroxyl groups excluding tert-OH is 1. The van der Waals surface area contributed by atoms with Crippen molar-refractivity contribution in [3.05, 3.63) is 29.8 Å². The van der Waals surface area contributed by atoms with Gasteiger partial charge in [-0.25, -0.2) is 4.79 Å². The van der Waals surface area contributed by atoms with E-state index in [2.05, 4.69) is 10.6 Å². The van der Waals surface area contributed by atoms with Crippen LogP contribution in [0.2, 0.25) is 0 Å². The van der Waals surface area contributed by atoms with Crippen molar-refractivity contribution in [2.75, 3.05) is 26.7 Å². The Balaban J connectivity index is 2.31. The van der Waals surface area contributed by atoms with E-state index in [0.717, 1.165) is 5.56 Å². The topological polar surface area (TPSA) is 96.6 Å². The molecule has 0 heterocycles. The van der Waals surface area contributed by atoms with Gasteiger partial charge in [-0.2, -0.15) is 0 Å². The number of hydrogen-bond acceptors (Lipinski definition) is 4. The van der Waals surface area contributed by atoms with Gasteiger partial charge < -0.3 is 26.2 Å². The maximum atomic E-state index is 10.4. The average Bonchev–Trinajstić information content (AvgIpc) is 2.37. The molecule has 0 saturated carbocycles. The maximum Gasteiger partial charge on any atom is 0.312 e. The second-order valence-electron chi connectivity index (χ2n) is 3.79.